The third kappa shape index (κ3) is 10.4. The van der Waals surface area contributed by atoms with Crippen molar-refractivity contribution in [3.63, 3.8) is 0 Å². The molecule has 0 bridgehead atoms. The molecule has 7 nitrogen and oxygen atoms in total. The van der Waals surface area contributed by atoms with E-state index in [1.807, 2.05) is 77.7 Å². The van der Waals surface area contributed by atoms with E-state index >= 15 is 0 Å². The number of amides is 2. The highest BCUT2D eigenvalue weighted by atomic mass is 79.9. The molecule has 4 aromatic rings. The average Bonchev–Trinajstić information content (AvgIpc) is 3.17. The number of likely N-dealkylation sites (tertiary alicyclic amines) is 2. The monoisotopic (exact) mass is 789 g/mol. The summed E-state index contributed by atoms with van der Waals surface area (Å²) >= 11 is 3.44. The quantitative estimate of drug-likeness (QED) is 0.113. The Hall–Kier alpha value is -4.48. The van der Waals surface area contributed by atoms with Gasteiger partial charge in [-0.15, -0.1) is 0 Å². The predicted octanol–water partition coefficient (Wildman–Crippen LogP) is 8.49. The number of carbonyl (C=O) groups is 3. The van der Waals surface area contributed by atoms with Crippen LogP contribution in [0.5, 0.6) is 5.75 Å². The highest BCUT2D eigenvalue weighted by Crippen LogP contribution is 2.29. The van der Waals surface area contributed by atoms with Crippen LogP contribution in [0, 0.1) is 0 Å². The number of hydrogen-bond donors (Lipinski definition) is 0. The van der Waals surface area contributed by atoms with Crippen molar-refractivity contribution in [1.82, 2.24) is 14.7 Å². The maximum absolute atomic E-state index is 13.9. The first-order chi connectivity index (χ1) is 25.5. The average molecular weight is 791 g/mol. The first-order valence-electron chi connectivity index (χ1n) is 18.2. The summed E-state index contributed by atoms with van der Waals surface area (Å²) < 4.78 is 43.3. The van der Waals surface area contributed by atoms with Crippen LogP contribution < -0.4 is 4.74 Å². The van der Waals surface area contributed by atoms with Crippen LogP contribution in [-0.4, -0.2) is 77.4 Å². The van der Waals surface area contributed by atoms with Crippen LogP contribution >= 0.6 is 15.9 Å². The minimum absolute atomic E-state index is 0.0357. The molecule has 6 rings (SSSR count). The summed E-state index contributed by atoms with van der Waals surface area (Å²) in [5, 5.41) is 0. The Morgan fingerprint density at radius 2 is 1.45 bits per heavy atom. The lowest BCUT2D eigenvalue weighted by molar-refractivity contribution is -0.189. The van der Waals surface area contributed by atoms with Crippen LogP contribution in [0.15, 0.2) is 102 Å². The smallest absolute Gasteiger partial charge is 0.420 e. The van der Waals surface area contributed by atoms with E-state index in [0.717, 1.165) is 71.3 Å². The number of halogens is 4. The number of ether oxygens (including phenoxy) is 1. The Labute approximate surface area is 316 Å². The van der Waals surface area contributed by atoms with E-state index in [1.54, 1.807) is 17.0 Å². The maximum atomic E-state index is 13.9. The molecule has 53 heavy (non-hydrogen) atoms. The second-order valence-electron chi connectivity index (χ2n) is 13.8. The normalized spacial score (nSPS) is 15.6. The van der Waals surface area contributed by atoms with Gasteiger partial charge in [-0.25, -0.2) is 4.79 Å². The summed E-state index contributed by atoms with van der Waals surface area (Å²) in [7, 11) is 0. The van der Waals surface area contributed by atoms with Crippen molar-refractivity contribution >= 4 is 33.7 Å². The van der Waals surface area contributed by atoms with Crippen LogP contribution in [0.4, 0.5) is 13.2 Å². The van der Waals surface area contributed by atoms with Gasteiger partial charge in [0.05, 0.1) is 6.42 Å². The van der Waals surface area contributed by atoms with Crippen LogP contribution in [0.1, 0.15) is 59.2 Å². The number of nitrogens with zero attached hydrogens (tertiary/aromatic N) is 3. The summed E-state index contributed by atoms with van der Waals surface area (Å²) in [5.74, 6) is -2.54. The van der Waals surface area contributed by atoms with Crippen LogP contribution in [0.2, 0.25) is 0 Å². The number of hydrogen-bond acceptors (Lipinski definition) is 5. The zero-order chi connectivity index (χ0) is 37.4. The summed E-state index contributed by atoms with van der Waals surface area (Å²) in [4.78, 5) is 45.3. The van der Waals surface area contributed by atoms with Crippen LogP contribution in [-0.2, 0) is 29.0 Å². The van der Waals surface area contributed by atoms with Crippen molar-refractivity contribution in [3.05, 3.63) is 124 Å². The number of benzene rings is 4. The van der Waals surface area contributed by atoms with Gasteiger partial charge in [0.15, 0.2) is 0 Å². The summed E-state index contributed by atoms with van der Waals surface area (Å²) in [5.41, 5.74) is 4.91. The number of alkyl halides is 3. The van der Waals surface area contributed by atoms with Crippen molar-refractivity contribution in [2.24, 2.45) is 0 Å². The Morgan fingerprint density at radius 1 is 0.774 bits per heavy atom. The van der Waals surface area contributed by atoms with Crippen molar-refractivity contribution < 1.29 is 32.3 Å². The molecule has 0 radical (unpaired) electrons. The highest BCUT2D eigenvalue weighted by Gasteiger charge is 2.41. The van der Waals surface area contributed by atoms with Gasteiger partial charge in [-0.1, -0.05) is 83.0 Å². The third-order valence-electron chi connectivity index (χ3n) is 10.1. The van der Waals surface area contributed by atoms with E-state index in [1.165, 1.54) is 31.4 Å². The first-order valence-corrected chi connectivity index (χ1v) is 18.9. The van der Waals surface area contributed by atoms with E-state index in [-0.39, 0.29) is 24.0 Å². The third-order valence-corrected chi connectivity index (χ3v) is 10.6. The lowest BCUT2D eigenvalue weighted by Gasteiger charge is -2.40. The molecule has 0 saturated carbocycles. The molecule has 278 valence electrons. The topological polar surface area (TPSA) is 70.2 Å². The van der Waals surface area contributed by atoms with E-state index in [2.05, 4.69) is 25.6 Å². The van der Waals surface area contributed by atoms with Gasteiger partial charge in [-0.2, -0.15) is 13.2 Å². The molecule has 2 fully saturated rings. The van der Waals surface area contributed by atoms with Crippen molar-refractivity contribution in [1.29, 1.82) is 0 Å². The number of carbonyl (C=O) groups excluding carboxylic acids is 3. The van der Waals surface area contributed by atoms with Gasteiger partial charge in [0.1, 0.15) is 5.75 Å². The molecule has 2 amide bonds. The van der Waals surface area contributed by atoms with E-state index in [0.29, 0.717) is 31.1 Å². The molecule has 4 aromatic carbocycles. The molecular formula is C42H43BrF3N3O4. The summed E-state index contributed by atoms with van der Waals surface area (Å²) in [6.45, 7) is 4.45. The molecule has 0 N–H and O–H groups in total. The lowest BCUT2D eigenvalue weighted by atomic mass is 9.95. The zero-order valence-electron chi connectivity index (χ0n) is 29.5. The molecular weight excluding hydrogens is 747 g/mol. The molecule has 2 heterocycles. The number of esters is 1. The molecule has 2 aliphatic heterocycles. The molecule has 2 saturated heterocycles. The largest absolute Gasteiger partial charge is 0.491 e. The minimum Gasteiger partial charge on any atom is -0.420 e. The Bertz CT molecular complexity index is 1870. The molecule has 2 aliphatic rings. The second-order valence-corrected chi connectivity index (χ2v) is 14.7. The predicted molar refractivity (Wildman–Crippen MR) is 201 cm³/mol. The van der Waals surface area contributed by atoms with Crippen LogP contribution in [0.25, 0.3) is 11.1 Å². The number of rotatable bonds is 11. The molecule has 11 heteroatoms. The van der Waals surface area contributed by atoms with E-state index in [9.17, 15) is 27.6 Å². The van der Waals surface area contributed by atoms with Crippen molar-refractivity contribution in [2.45, 2.75) is 63.7 Å². The van der Waals surface area contributed by atoms with Crippen molar-refractivity contribution in [3.8, 4) is 16.9 Å². The fourth-order valence-corrected chi connectivity index (χ4v) is 7.46. The zero-order valence-corrected chi connectivity index (χ0v) is 31.1. The molecule has 0 unspecified atom stereocenters. The van der Waals surface area contributed by atoms with Gasteiger partial charge in [0.25, 0.3) is 5.91 Å². The van der Waals surface area contributed by atoms with E-state index < -0.39 is 12.1 Å². The van der Waals surface area contributed by atoms with Crippen molar-refractivity contribution in [2.75, 3.05) is 32.7 Å². The Balaban J connectivity index is 1.16. The van der Waals surface area contributed by atoms with Gasteiger partial charge >= 0.3 is 12.1 Å². The SMILES string of the molecule is O=C(Cc1ccc(Br)cc1)N(CCc1ccc(OC(=O)C(F)(F)F)cc1)Cc1cccc(-c2ccccc2C(=O)N2CCC(N3CCCCC3)CC2)c1. The lowest BCUT2D eigenvalue weighted by Crippen LogP contribution is -2.48. The second kappa shape index (κ2) is 17.6. The van der Waals surface area contributed by atoms with Gasteiger partial charge in [-0.3, -0.25) is 9.59 Å². The van der Waals surface area contributed by atoms with Gasteiger partial charge < -0.3 is 19.4 Å². The Morgan fingerprint density at radius 3 is 2.15 bits per heavy atom. The maximum Gasteiger partial charge on any atom is 0.491 e. The Kier molecular flexibility index (Phi) is 12.7. The molecule has 0 aliphatic carbocycles. The minimum atomic E-state index is -5.09. The van der Waals surface area contributed by atoms with Crippen LogP contribution in [0.3, 0.4) is 0 Å². The summed E-state index contributed by atoms with van der Waals surface area (Å²) in [6.07, 6.45) is 1.32. The van der Waals surface area contributed by atoms with E-state index in [4.69, 9.17) is 0 Å². The molecule has 0 atom stereocenters. The fourth-order valence-electron chi connectivity index (χ4n) is 7.20. The van der Waals surface area contributed by atoms with Gasteiger partial charge in [0.2, 0.25) is 5.91 Å². The first kappa shape index (κ1) is 38.3. The fraction of sp³-hybridized carbons (Fsp3) is 0.357. The van der Waals surface area contributed by atoms with Gasteiger partial charge in [0, 0.05) is 42.3 Å². The molecule has 0 spiro atoms. The molecule has 0 aromatic heterocycles. The summed E-state index contributed by atoms with van der Waals surface area (Å²) in [6, 6.07) is 29.5. The number of piperidine rings is 2. The standard InChI is InChI=1S/C42H43BrF3N3O4/c43-34-15-11-31(12-16-34)28-39(50)49(24-19-30-13-17-36(18-14-30)53-41(52)42(44,45)46)29-32-7-6-8-33(27-32)37-9-2-3-10-38(37)40(51)48-25-20-35(21-26-48)47-22-4-1-5-23-47/h2-3,6-18,27,35H,1,4-5,19-26,28-29H2. The highest BCUT2D eigenvalue weighted by molar-refractivity contribution is 9.10. The van der Waals surface area contributed by atoms with Gasteiger partial charge in [-0.05, 0) is 109 Å².